The minimum Gasteiger partial charge on any atom is -0.481 e. The van der Waals surface area contributed by atoms with Gasteiger partial charge in [-0.3, -0.25) is 4.79 Å². The van der Waals surface area contributed by atoms with Gasteiger partial charge in [0.2, 0.25) is 0 Å². The molecule has 4 nitrogen and oxygen atoms in total. The Balaban J connectivity index is 2.78. The van der Waals surface area contributed by atoms with Gasteiger partial charge in [0.05, 0.1) is 13.0 Å². The summed E-state index contributed by atoms with van der Waals surface area (Å²) in [5, 5.41) is 8.64. The Kier molecular flexibility index (Phi) is 4.77. The smallest absolute Gasteiger partial charge is 0.384 e. The zero-order valence-corrected chi connectivity index (χ0v) is 9.40. The molecule has 0 bridgehead atoms. The van der Waals surface area contributed by atoms with Crippen LogP contribution >= 0.6 is 0 Å². The molecule has 88 valence electrons. The minimum atomic E-state index is -0.902. The van der Waals surface area contributed by atoms with Crippen molar-refractivity contribution in [2.75, 3.05) is 6.61 Å². The van der Waals surface area contributed by atoms with Gasteiger partial charge in [-0.05, 0) is 24.6 Å². The third-order valence-corrected chi connectivity index (χ3v) is 1.87. The first-order valence-corrected chi connectivity index (χ1v) is 5.11. The second kappa shape index (κ2) is 6.33. The molecule has 1 aromatic rings. The van der Waals surface area contributed by atoms with Crippen LogP contribution in [0.1, 0.15) is 18.1 Å². The van der Waals surface area contributed by atoms with Gasteiger partial charge in [0, 0.05) is 11.5 Å². The van der Waals surface area contributed by atoms with Gasteiger partial charge in [-0.15, -0.1) is 0 Å². The van der Waals surface area contributed by atoms with E-state index in [0.717, 1.165) is 0 Å². The number of hydrogen-bond acceptors (Lipinski definition) is 3. The molecule has 0 aliphatic rings. The lowest BCUT2D eigenvalue weighted by atomic mass is 10.1. The van der Waals surface area contributed by atoms with Crippen molar-refractivity contribution in [2.45, 2.75) is 13.3 Å². The van der Waals surface area contributed by atoms with Crippen LogP contribution in [0.15, 0.2) is 24.3 Å². The summed E-state index contributed by atoms with van der Waals surface area (Å²) in [5.41, 5.74) is 1.24. The van der Waals surface area contributed by atoms with E-state index in [4.69, 9.17) is 5.11 Å². The summed E-state index contributed by atoms with van der Waals surface area (Å²) in [6.07, 6.45) is -0.0606. The molecule has 0 spiro atoms. The van der Waals surface area contributed by atoms with Crippen molar-refractivity contribution in [1.82, 2.24) is 0 Å². The molecular formula is C13H12O4. The second-order valence-corrected chi connectivity index (χ2v) is 3.24. The molecule has 0 saturated heterocycles. The van der Waals surface area contributed by atoms with Crippen molar-refractivity contribution < 1.29 is 19.4 Å². The van der Waals surface area contributed by atoms with Crippen LogP contribution in [0.3, 0.4) is 0 Å². The maximum absolute atomic E-state index is 11.0. The molecule has 0 heterocycles. The zero-order chi connectivity index (χ0) is 12.7. The maximum atomic E-state index is 11.0. The maximum Gasteiger partial charge on any atom is 0.384 e. The molecule has 0 unspecified atom stereocenters. The highest BCUT2D eigenvalue weighted by molar-refractivity contribution is 5.89. The Bertz CT molecular complexity index is 480. The van der Waals surface area contributed by atoms with E-state index >= 15 is 0 Å². The van der Waals surface area contributed by atoms with Crippen LogP contribution in [-0.4, -0.2) is 23.7 Å². The standard InChI is InChI=1S/C13H12O4/c1-2-17-13(16)7-6-10-4-3-5-11(8-10)9-12(14)15/h3-5,8H,2,9H2,1H3,(H,14,15). The molecule has 1 aromatic carbocycles. The summed E-state index contributed by atoms with van der Waals surface area (Å²) in [6, 6.07) is 6.75. The third kappa shape index (κ3) is 4.85. The Morgan fingerprint density at radius 3 is 2.82 bits per heavy atom. The largest absolute Gasteiger partial charge is 0.481 e. The number of rotatable bonds is 3. The molecule has 0 amide bonds. The number of carbonyl (C=O) groups is 2. The molecule has 17 heavy (non-hydrogen) atoms. The first kappa shape index (κ1) is 12.8. The monoisotopic (exact) mass is 232 g/mol. The lowest BCUT2D eigenvalue weighted by Crippen LogP contribution is -2.00. The fourth-order valence-corrected chi connectivity index (χ4v) is 1.22. The van der Waals surface area contributed by atoms with Crippen LogP contribution in [0.2, 0.25) is 0 Å². The number of esters is 1. The van der Waals surface area contributed by atoms with Gasteiger partial charge in [0.15, 0.2) is 0 Å². The summed E-state index contributed by atoms with van der Waals surface area (Å²) in [7, 11) is 0. The van der Waals surface area contributed by atoms with Crippen molar-refractivity contribution >= 4 is 11.9 Å². The zero-order valence-electron chi connectivity index (χ0n) is 9.40. The molecular weight excluding hydrogens is 220 g/mol. The van der Waals surface area contributed by atoms with Crippen LogP contribution in [0.25, 0.3) is 0 Å². The summed E-state index contributed by atoms with van der Waals surface area (Å²) >= 11 is 0. The van der Waals surface area contributed by atoms with E-state index < -0.39 is 11.9 Å². The molecule has 0 fully saturated rings. The molecule has 1 rings (SSSR count). The van der Waals surface area contributed by atoms with Crippen molar-refractivity contribution in [3.63, 3.8) is 0 Å². The van der Waals surface area contributed by atoms with E-state index in [0.29, 0.717) is 11.1 Å². The quantitative estimate of drug-likeness (QED) is 0.628. The van der Waals surface area contributed by atoms with Gasteiger partial charge in [-0.25, -0.2) is 4.79 Å². The van der Waals surface area contributed by atoms with E-state index in [1.165, 1.54) is 0 Å². The van der Waals surface area contributed by atoms with Crippen LogP contribution in [0.4, 0.5) is 0 Å². The Hall–Kier alpha value is -2.28. The van der Waals surface area contributed by atoms with Crippen molar-refractivity contribution in [3.05, 3.63) is 35.4 Å². The average molecular weight is 232 g/mol. The van der Waals surface area contributed by atoms with Gasteiger partial charge < -0.3 is 9.84 Å². The Morgan fingerprint density at radius 1 is 1.41 bits per heavy atom. The van der Waals surface area contributed by atoms with Crippen molar-refractivity contribution in [1.29, 1.82) is 0 Å². The normalized spacial score (nSPS) is 9.00. The van der Waals surface area contributed by atoms with Crippen LogP contribution in [0, 0.1) is 11.8 Å². The fourth-order valence-electron chi connectivity index (χ4n) is 1.22. The Labute approximate surface area is 99.2 Å². The number of carboxylic acid groups (broad SMARTS) is 1. The van der Waals surface area contributed by atoms with Gasteiger partial charge in [0.25, 0.3) is 0 Å². The number of aliphatic carboxylic acids is 1. The molecule has 0 radical (unpaired) electrons. The number of carboxylic acids is 1. The topological polar surface area (TPSA) is 63.6 Å². The lowest BCUT2D eigenvalue weighted by Gasteiger charge is -1.97. The first-order valence-electron chi connectivity index (χ1n) is 5.11. The van der Waals surface area contributed by atoms with Crippen LogP contribution in [0.5, 0.6) is 0 Å². The predicted molar refractivity (Wildman–Crippen MR) is 61.3 cm³/mol. The number of benzene rings is 1. The fraction of sp³-hybridized carbons (Fsp3) is 0.231. The predicted octanol–water partition coefficient (Wildman–Crippen LogP) is 1.23. The van der Waals surface area contributed by atoms with Gasteiger partial charge in [-0.2, -0.15) is 0 Å². The van der Waals surface area contributed by atoms with Crippen LogP contribution < -0.4 is 0 Å². The highest BCUT2D eigenvalue weighted by atomic mass is 16.5. The van der Waals surface area contributed by atoms with E-state index in [9.17, 15) is 9.59 Å². The van der Waals surface area contributed by atoms with E-state index in [2.05, 4.69) is 16.6 Å². The first-order chi connectivity index (χ1) is 8.11. The van der Waals surface area contributed by atoms with Gasteiger partial charge in [-0.1, -0.05) is 18.1 Å². The van der Waals surface area contributed by atoms with Gasteiger partial charge in [0.1, 0.15) is 0 Å². The lowest BCUT2D eigenvalue weighted by molar-refractivity contribution is -0.137. The summed E-state index contributed by atoms with van der Waals surface area (Å²) in [5.74, 6) is 3.46. The molecule has 0 atom stereocenters. The molecule has 0 aliphatic carbocycles. The SMILES string of the molecule is CCOC(=O)C#Cc1cccc(CC(=O)O)c1. The summed E-state index contributed by atoms with van der Waals surface area (Å²) in [6.45, 7) is 1.99. The number of ether oxygens (including phenoxy) is 1. The second-order valence-electron chi connectivity index (χ2n) is 3.24. The highest BCUT2D eigenvalue weighted by Gasteiger charge is 2.00. The van der Waals surface area contributed by atoms with Gasteiger partial charge >= 0.3 is 11.9 Å². The highest BCUT2D eigenvalue weighted by Crippen LogP contribution is 2.04. The minimum absolute atomic E-state index is 0.0606. The Morgan fingerprint density at radius 2 is 2.18 bits per heavy atom. The number of carbonyl (C=O) groups excluding carboxylic acids is 1. The molecule has 1 N–H and O–H groups in total. The van der Waals surface area contributed by atoms with E-state index in [1.54, 1.807) is 31.2 Å². The van der Waals surface area contributed by atoms with E-state index in [1.807, 2.05) is 0 Å². The molecule has 4 heteroatoms. The molecule has 0 saturated carbocycles. The van der Waals surface area contributed by atoms with Crippen LogP contribution in [-0.2, 0) is 20.7 Å². The van der Waals surface area contributed by atoms with Crippen molar-refractivity contribution in [2.24, 2.45) is 0 Å². The van der Waals surface area contributed by atoms with E-state index in [-0.39, 0.29) is 13.0 Å². The number of hydrogen-bond donors (Lipinski definition) is 1. The third-order valence-electron chi connectivity index (χ3n) is 1.87. The molecule has 0 aromatic heterocycles. The van der Waals surface area contributed by atoms with Crippen molar-refractivity contribution in [3.8, 4) is 11.8 Å². The summed E-state index contributed by atoms with van der Waals surface area (Å²) < 4.78 is 4.65. The molecule has 0 aliphatic heterocycles. The summed E-state index contributed by atoms with van der Waals surface area (Å²) in [4.78, 5) is 21.5. The average Bonchev–Trinajstić information content (AvgIpc) is 2.26.